The first-order valence-electron chi connectivity index (χ1n) is 7.38. The molecule has 0 aromatic carbocycles. The number of rotatable bonds is 5. The average Bonchev–Trinajstić information content (AvgIpc) is 2.93. The van der Waals surface area contributed by atoms with Crippen molar-refractivity contribution in [2.45, 2.75) is 46.6 Å². The molecule has 1 atom stereocenters. The van der Waals surface area contributed by atoms with E-state index < -0.39 is 0 Å². The van der Waals surface area contributed by atoms with Gasteiger partial charge in [0, 0.05) is 36.9 Å². The second-order valence-corrected chi connectivity index (χ2v) is 7.12. The van der Waals surface area contributed by atoms with Crippen LogP contribution in [0.5, 0.6) is 0 Å². The number of thiazole rings is 1. The van der Waals surface area contributed by atoms with Crippen LogP contribution in [0.25, 0.3) is 0 Å². The first-order chi connectivity index (χ1) is 9.88. The van der Waals surface area contributed by atoms with Gasteiger partial charge in [0.05, 0.1) is 16.6 Å². The van der Waals surface area contributed by atoms with Crippen LogP contribution in [0.15, 0.2) is 0 Å². The molecule has 1 saturated heterocycles. The first kappa shape index (κ1) is 15.9. The van der Waals surface area contributed by atoms with Crippen LogP contribution in [0.4, 0.5) is 0 Å². The molecule has 0 radical (unpaired) electrons. The Morgan fingerprint density at radius 3 is 2.71 bits per heavy atom. The van der Waals surface area contributed by atoms with Crippen LogP contribution in [-0.4, -0.2) is 40.8 Å². The summed E-state index contributed by atoms with van der Waals surface area (Å²) >= 11 is 1.68. The van der Waals surface area contributed by atoms with E-state index in [1.165, 1.54) is 4.88 Å². The molecular formula is C15H23N3O2S. The van der Waals surface area contributed by atoms with E-state index in [1.807, 2.05) is 20.8 Å². The molecule has 1 N–H and O–H groups in total. The second-order valence-electron chi connectivity index (χ2n) is 5.83. The number of nitrogens with one attached hydrogen (secondary N) is 1. The van der Waals surface area contributed by atoms with Gasteiger partial charge in [0.25, 0.3) is 0 Å². The highest BCUT2D eigenvalue weighted by Crippen LogP contribution is 2.20. The summed E-state index contributed by atoms with van der Waals surface area (Å²) in [6, 6.07) is 0.163. The van der Waals surface area contributed by atoms with Gasteiger partial charge < -0.3 is 10.2 Å². The normalized spacial score (nSPS) is 18.6. The van der Waals surface area contributed by atoms with Gasteiger partial charge in [0.1, 0.15) is 0 Å². The summed E-state index contributed by atoms with van der Waals surface area (Å²) in [4.78, 5) is 31.4. The summed E-state index contributed by atoms with van der Waals surface area (Å²) in [5.41, 5.74) is 1.07. The fourth-order valence-corrected chi connectivity index (χ4v) is 3.42. The maximum atomic E-state index is 12.1. The van der Waals surface area contributed by atoms with Gasteiger partial charge in [-0.3, -0.25) is 9.59 Å². The van der Waals surface area contributed by atoms with E-state index in [2.05, 4.69) is 17.2 Å². The maximum Gasteiger partial charge on any atom is 0.225 e. The van der Waals surface area contributed by atoms with Crippen molar-refractivity contribution < 1.29 is 9.59 Å². The highest BCUT2D eigenvalue weighted by atomic mass is 32.1. The van der Waals surface area contributed by atoms with Crippen LogP contribution in [0.3, 0.4) is 0 Å². The lowest BCUT2D eigenvalue weighted by atomic mass is 10.1. The highest BCUT2D eigenvalue weighted by molar-refractivity contribution is 7.11. The van der Waals surface area contributed by atoms with Gasteiger partial charge >= 0.3 is 0 Å². The number of aromatic nitrogens is 1. The largest absolute Gasteiger partial charge is 0.355 e. The molecule has 0 aliphatic carbocycles. The zero-order chi connectivity index (χ0) is 15.6. The Kier molecular flexibility index (Phi) is 4.98. The molecule has 2 heterocycles. The minimum Gasteiger partial charge on any atom is -0.355 e. The Morgan fingerprint density at radius 1 is 1.48 bits per heavy atom. The molecule has 5 nitrogen and oxygen atoms in total. The molecule has 1 aliphatic heterocycles. The second kappa shape index (κ2) is 6.56. The van der Waals surface area contributed by atoms with Crippen LogP contribution >= 0.6 is 11.3 Å². The first-order valence-corrected chi connectivity index (χ1v) is 8.20. The van der Waals surface area contributed by atoms with E-state index in [4.69, 9.17) is 0 Å². The minimum atomic E-state index is -0.209. The molecule has 1 aromatic rings. The van der Waals surface area contributed by atoms with E-state index in [9.17, 15) is 9.59 Å². The van der Waals surface area contributed by atoms with Crippen molar-refractivity contribution in [1.82, 2.24) is 15.2 Å². The molecule has 1 fully saturated rings. The van der Waals surface area contributed by atoms with Crippen LogP contribution in [0.2, 0.25) is 0 Å². The van der Waals surface area contributed by atoms with Crippen LogP contribution in [0.1, 0.15) is 35.8 Å². The molecule has 21 heavy (non-hydrogen) atoms. The number of carbonyl (C=O) groups excluding carboxylic acids is 2. The van der Waals surface area contributed by atoms with Gasteiger partial charge in [-0.2, -0.15) is 0 Å². The number of aryl methyl sites for hydroxylation is 2. The van der Waals surface area contributed by atoms with Crippen molar-refractivity contribution in [3.63, 3.8) is 0 Å². The number of likely N-dealkylation sites (tertiary alicyclic amines) is 1. The van der Waals surface area contributed by atoms with E-state index in [-0.39, 0.29) is 23.8 Å². The van der Waals surface area contributed by atoms with Crippen LogP contribution in [-0.2, 0) is 16.0 Å². The molecule has 116 valence electrons. The summed E-state index contributed by atoms with van der Waals surface area (Å²) in [6.45, 7) is 9.13. The number of hydrogen-bond donors (Lipinski definition) is 1. The summed E-state index contributed by atoms with van der Waals surface area (Å²) in [5, 5.41) is 3.98. The molecule has 0 unspecified atom stereocenters. The summed E-state index contributed by atoms with van der Waals surface area (Å²) in [7, 11) is 0. The summed E-state index contributed by atoms with van der Waals surface area (Å²) in [5.74, 6) is -0.146. The summed E-state index contributed by atoms with van der Waals surface area (Å²) < 4.78 is 0. The molecule has 0 saturated carbocycles. The zero-order valence-corrected chi connectivity index (χ0v) is 13.9. The van der Waals surface area contributed by atoms with Gasteiger partial charge in [0.15, 0.2) is 0 Å². The Labute approximate surface area is 129 Å². The monoisotopic (exact) mass is 309 g/mol. The van der Waals surface area contributed by atoms with E-state index in [0.717, 1.165) is 17.1 Å². The zero-order valence-electron chi connectivity index (χ0n) is 13.1. The van der Waals surface area contributed by atoms with Crippen LogP contribution in [0, 0.1) is 19.8 Å². The molecule has 0 spiro atoms. The van der Waals surface area contributed by atoms with Crippen LogP contribution < -0.4 is 5.32 Å². The molecule has 2 rings (SSSR count). The number of nitrogens with zero attached hydrogens (tertiary/aromatic N) is 2. The molecule has 6 heteroatoms. The van der Waals surface area contributed by atoms with E-state index in [1.54, 1.807) is 16.2 Å². The van der Waals surface area contributed by atoms with Crippen molar-refractivity contribution >= 4 is 23.2 Å². The molecule has 1 aromatic heterocycles. The Morgan fingerprint density at radius 2 is 2.19 bits per heavy atom. The van der Waals surface area contributed by atoms with Gasteiger partial charge in [0.2, 0.25) is 11.8 Å². The number of amides is 2. The predicted molar refractivity (Wildman–Crippen MR) is 83.3 cm³/mol. The van der Waals surface area contributed by atoms with Crippen molar-refractivity contribution in [3.8, 4) is 0 Å². The Hall–Kier alpha value is -1.43. The van der Waals surface area contributed by atoms with E-state index >= 15 is 0 Å². The van der Waals surface area contributed by atoms with Crippen molar-refractivity contribution in [3.05, 3.63) is 15.6 Å². The maximum absolute atomic E-state index is 12.1. The number of hydrogen-bond acceptors (Lipinski definition) is 4. The molecule has 0 bridgehead atoms. The topological polar surface area (TPSA) is 62.3 Å². The van der Waals surface area contributed by atoms with Gasteiger partial charge in [-0.05, 0) is 27.7 Å². The Bertz CT molecular complexity index is 520. The average molecular weight is 309 g/mol. The summed E-state index contributed by atoms with van der Waals surface area (Å²) in [6.07, 6.45) is 1.08. The predicted octanol–water partition coefficient (Wildman–Crippen LogP) is 1.68. The SMILES string of the molecule is Cc1nc(CCNC(=O)[C@@H]2CC(=O)N(C(C)C)C2)sc1C. The molecule has 2 amide bonds. The lowest BCUT2D eigenvalue weighted by molar-refractivity contribution is -0.129. The van der Waals surface area contributed by atoms with Crippen molar-refractivity contribution in [1.29, 1.82) is 0 Å². The molecular weight excluding hydrogens is 286 g/mol. The molecule has 1 aliphatic rings. The number of carbonyl (C=O) groups is 2. The third-order valence-electron chi connectivity index (χ3n) is 3.86. The minimum absolute atomic E-state index is 0.0171. The van der Waals surface area contributed by atoms with Gasteiger partial charge in [-0.1, -0.05) is 0 Å². The van der Waals surface area contributed by atoms with Crippen molar-refractivity contribution in [2.24, 2.45) is 5.92 Å². The van der Waals surface area contributed by atoms with Gasteiger partial charge in [-0.25, -0.2) is 4.98 Å². The lowest BCUT2D eigenvalue weighted by Crippen LogP contribution is -2.36. The lowest BCUT2D eigenvalue weighted by Gasteiger charge is -2.20. The highest BCUT2D eigenvalue weighted by Gasteiger charge is 2.35. The third kappa shape index (κ3) is 3.81. The standard InChI is InChI=1S/C15H23N3O2S/c1-9(2)18-8-12(7-14(18)19)15(20)16-6-5-13-17-10(3)11(4)21-13/h9,12H,5-8H2,1-4H3,(H,16,20)/t12-/m1/s1. The van der Waals surface area contributed by atoms with E-state index in [0.29, 0.717) is 19.5 Å². The smallest absolute Gasteiger partial charge is 0.225 e. The quantitative estimate of drug-likeness (QED) is 0.900. The fraction of sp³-hybridized carbons (Fsp3) is 0.667. The van der Waals surface area contributed by atoms with Gasteiger partial charge in [-0.15, -0.1) is 11.3 Å². The third-order valence-corrected chi connectivity index (χ3v) is 5.00. The Balaban J connectivity index is 1.79. The van der Waals surface area contributed by atoms with Crippen molar-refractivity contribution in [2.75, 3.05) is 13.1 Å². The fourth-order valence-electron chi connectivity index (χ4n) is 2.49.